The van der Waals surface area contributed by atoms with Crippen molar-refractivity contribution < 1.29 is 18.9 Å². The van der Waals surface area contributed by atoms with Crippen molar-refractivity contribution in [1.82, 2.24) is 10.2 Å². The Morgan fingerprint density at radius 1 is 1.33 bits per heavy atom. The van der Waals surface area contributed by atoms with Gasteiger partial charge in [-0.15, -0.1) is 10.2 Å². The van der Waals surface area contributed by atoms with Gasteiger partial charge in [0.15, 0.2) is 6.61 Å². The molecule has 0 amide bonds. The van der Waals surface area contributed by atoms with Crippen molar-refractivity contribution in [2.24, 2.45) is 11.8 Å². The third-order valence-electron chi connectivity index (χ3n) is 4.51. The summed E-state index contributed by atoms with van der Waals surface area (Å²) in [5.41, 5.74) is 0.543. The lowest BCUT2D eigenvalue weighted by atomic mass is 9.91. The largest absolute Gasteiger partial charge is 0.452 e. The maximum atomic E-state index is 12.2. The summed E-state index contributed by atoms with van der Waals surface area (Å²) < 4.78 is 10.2. The van der Waals surface area contributed by atoms with Crippen molar-refractivity contribution in [3.8, 4) is 0 Å². The highest BCUT2D eigenvalue weighted by Crippen LogP contribution is 2.34. The molecule has 1 fully saturated rings. The molecule has 0 aliphatic carbocycles. The average molecular weight is 374 g/mol. The molecule has 1 aliphatic heterocycles. The number of esters is 1. The zero-order chi connectivity index (χ0) is 19.6. The van der Waals surface area contributed by atoms with E-state index in [1.54, 1.807) is 19.1 Å². The molecular weight excluding hydrogens is 352 g/mol. The topological polar surface area (TPSA) is 112 Å². The lowest BCUT2D eigenvalue weighted by Gasteiger charge is -2.36. The second-order valence-electron chi connectivity index (χ2n) is 7.10. The number of ether oxygens (including phenoxy) is 1. The van der Waals surface area contributed by atoms with Gasteiger partial charge in [0.1, 0.15) is 5.69 Å². The molecule has 0 saturated carbocycles. The summed E-state index contributed by atoms with van der Waals surface area (Å²) in [6, 6.07) is 4.44. The fourth-order valence-corrected chi connectivity index (χ4v) is 3.53. The van der Waals surface area contributed by atoms with Crippen molar-refractivity contribution in [2.45, 2.75) is 33.8 Å². The first-order valence-electron chi connectivity index (χ1n) is 8.83. The molecule has 0 radical (unpaired) electrons. The van der Waals surface area contributed by atoms with E-state index in [2.05, 4.69) is 24.0 Å². The highest BCUT2D eigenvalue weighted by molar-refractivity contribution is 5.91. The molecule has 1 aromatic carbocycles. The minimum absolute atomic E-state index is 0.0978. The lowest BCUT2D eigenvalue weighted by molar-refractivity contribution is -0.384. The summed E-state index contributed by atoms with van der Waals surface area (Å²) in [7, 11) is 0. The van der Waals surface area contributed by atoms with Gasteiger partial charge in [0.05, 0.1) is 10.5 Å². The van der Waals surface area contributed by atoms with Crippen LogP contribution in [-0.4, -0.2) is 34.2 Å². The number of hydrogen-bond donors (Lipinski definition) is 0. The summed E-state index contributed by atoms with van der Waals surface area (Å²) in [6.45, 7) is 7.23. The van der Waals surface area contributed by atoms with Gasteiger partial charge >= 0.3 is 5.97 Å². The molecule has 2 atom stereocenters. The number of piperidine rings is 1. The maximum Gasteiger partial charge on any atom is 0.338 e. The summed E-state index contributed by atoms with van der Waals surface area (Å²) in [5, 5.41) is 19.0. The highest BCUT2D eigenvalue weighted by Gasteiger charge is 2.28. The molecule has 27 heavy (non-hydrogen) atoms. The van der Waals surface area contributed by atoms with Gasteiger partial charge in [-0.3, -0.25) is 10.1 Å². The molecule has 2 aromatic rings. The van der Waals surface area contributed by atoms with Gasteiger partial charge in [-0.25, -0.2) is 4.79 Å². The van der Waals surface area contributed by atoms with Gasteiger partial charge in [-0.2, -0.15) is 0 Å². The molecule has 9 nitrogen and oxygen atoms in total. The second kappa shape index (κ2) is 7.73. The highest BCUT2D eigenvalue weighted by atomic mass is 16.6. The van der Waals surface area contributed by atoms with Crippen molar-refractivity contribution >= 4 is 17.3 Å². The number of hydrogen-bond acceptors (Lipinski definition) is 8. The van der Waals surface area contributed by atoms with E-state index in [9.17, 15) is 14.9 Å². The normalized spacial score (nSPS) is 19.7. The number of benzene rings is 1. The molecular formula is C18H22N4O5. The quantitative estimate of drug-likeness (QED) is 0.446. The zero-order valence-corrected chi connectivity index (χ0v) is 15.5. The number of rotatable bonds is 5. The average Bonchev–Trinajstić information content (AvgIpc) is 3.03. The smallest absolute Gasteiger partial charge is 0.338 e. The van der Waals surface area contributed by atoms with Crippen LogP contribution in [0.15, 0.2) is 22.6 Å². The SMILES string of the molecule is Cc1nnc(COC(=O)c2ccc(N3CC(C)CC(C)C3)c([N+](=O)[O-])c2)o1. The Bertz CT molecular complexity index is 840. The van der Waals surface area contributed by atoms with Crippen LogP contribution in [-0.2, 0) is 11.3 Å². The third-order valence-corrected chi connectivity index (χ3v) is 4.51. The summed E-state index contributed by atoms with van der Waals surface area (Å²) in [4.78, 5) is 25.4. The molecule has 2 heterocycles. The zero-order valence-electron chi connectivity index (χ0n) is 15.5. The monoisotopic (exact) mass is 374 g/mol. The Hall–Kier alpha value is -2.97. The number of nitro benzene ring substituents is 1. The van der Waals surface area contributed by atoms with Gasteiger partial charge < -0.3 is 14.1 Å². The number of carbonyl (C=O) groups excluding carboxylic acids is 1. The number of nitro groups is 1. The van der Waals surface area contributed by atoms with Crippen molar-refractivity contribution in [3.05, 3.63) is 45.7 Å². The molecule has 3 rings (SSSR count). The van der Waals surface area contributed by atoms with Crippen molar-refractivity contribution in [2.75, 3.05) is 18.0 Å². The Morgan fingerprint density at radius 3 is 2.63 bits per heavy atom. The number of aromatic nitrogens is 2. The predicted molar refractivity (Wildman–Crippen MR) is 96.4 cm³/mol. The van der Waals surface area contributed by atoms with Crippen LogP contribution < -0.4 is 4.90 Å². The van der Waals surface area contributed by atoms with E-state index in [4.69, 9.17) is 9.15 Å². The van der Waals surface area contributed by atoms with Crippen molar-refractivity contribution in [1.29, 1.82) is 0 Å². The van der Waals surface area contributed by atoms with Gasteiger partial charge in [-0.1, -0.05) is 13.8 Å². The van der Waals surface area contributed by atoms with Gasteiger partial charge in [-0.05, 0) is 30.4 Å². The van der Waals surface area contributed by atoms with E-state index < -0.39 is 10.9 Å². The second-order valence-corrected chi connectivity index (χ2v) is 7.10. The lowest BCUT2D eigenvalue weighted by Crippen LogP contribution is -2.39. The van der Waals surface area contributed by atoms with E-state index in [1.165, 1.54) is 6.07 Å². The third kappa shape index (κ3) is 4.42. The van der Waals surface area contributed by atoms with Gasteiger partial charge in [0, 0.05) is 26.1 Å². The predicted octanol–water partition coefficient (Wildman–Crippen LogP) is 3.13. The summed E-state index contributed by atoms with van der Waals surface area (Å²) in [6.07, 6.45) is 1.10. The first-order valence-corrected chi connectivity index (χ1v) is 8.83. The number of nitrogens with zero attached hydrogens (tertiary/aromatic N) is 4. The van der Waals surface area contributed by atoms with E-state index in [0.29, 0.717) is 23.4 Å². The van der Waals surface area contributed by atoms with Crippen LogP contribution in [0.1, 0.15) is 42.4 Å². The van der Waals surface area contributed by atoms with E-state index in [1.807, 2.05) is 4.90 Å². The van der Waals surface area contributed by atoms with Gasteiger partial charge in [0.2, 0.25) is 5.89 Å². The van der Waals surface area contributed by atoms with Crippen molar-refractivity contribution in [3.63, 3.8) is 0 Å². The Balaban J connectivity index is 1.78. The van der Waals surface area contributed by atoms with Crippen LogP contribution in [0.5, 0.6) is 0 Å². The first-order chi connectivity index (χ1) is 12.8. The molecule has 9 heteroatoms. The molecule has 1 aromatic heterocycles. The fraction of sp³-hybridized carbons (Fsp3) is 0.500. The minimum Gasteiger partial charge on any atom is -0.452 e. The maximum absolute atomic E-state index is 12.2. The Labute approximate surface area is 156 Å². The van der Waals surface area contributed by atoms with Crippen LogP contribution in [0.25, 0.3) is 0 Å². The standard InChI is InChI=1S/C18H22N4O5/c1-11-6-12(2)9-21(8-11)15-5-4-14(7-16(15)22(24)25)18(23)26-10-17-20-19-13(3)27-17/h4-5,7,11-12H,6,8-10H2,1-3H3. The van der Waals surface area contributed by atoms with E-state index in [0.717, 1.165) is 19.5 Å². The molecule has 144 valence electrons. The van der Waals surface area contributed by atoms with Crippen LogP contribution in [0.2, 0.25) is 0 Å². The van der Waals surface area contributed by atoms with Crippen LogP contribution in [0.3, 0.4) is 0 Å². The van der Waals surface area contributed by atoms with Crippen LogP contribution >= 0.6 is 0 Å². The minimum atomic E-state index is -0.680. The van der Waals surface area contributed by atoms with Gasteiger partial charge in [0.25, 0.3) is 11.6 Å². The van der Waals surface area contributed by atoms with E-state index >= 15 is 0 Å². The molecule has 1 saturated heterocycles. The molecule has 0 spiro atoms. The summed E-state index contributed by atoms with van der Waals surface area (Å²) >= 11 is 0. The van der Waals surface area contributed by atoms with E-state index in [-0.39, 0.29) is 23.7 Å². The molecule has 1 aliphatic rings. The molecule has 0 N–H and O–H groups in total. The Morgan fingerprint density at radius 2 is 2.04 bits per heavy atom. The van der Waals surface area contributed by atoms with Crippen LogP contribution in [0.4, 0.5) is 11.4 Å². The first kappa shape index (κ1) is 18.8. The molecule has 2 unspecified atom stereocenters. The fourth-order valence-electron chi connectivity index (χ4n) is 3.53. The Kier molecular flexibility index (Phi) is 5.38. The number of carbonyl (C=O) groups is 1. The number of anilines is 1. The molecule has 0 bridgehead atoms. The summed E-state index contributed by atoms with van der Waals surface area (Å²) in [5.74, 6) is 0.766. The number of aryl methyl sites for hydroxylation is 1. The van der Waals surface area contributed by atoms with Crippen LogP contribution in [0, 0.1) is 28.9 Å².